The molecule has 0 saturated heterocycles. The number of nitrogens with zero attached hydrogens (tertiary/aromatic N) is 2. The number of anilines is 1. The fraction of sp³-hybridized carbons (Fsp3) is 0.455. The minimum Gasteiger partial charge on any atom is -0.395 e. The van der Waals surface area contributed by atoms with E-state index in [1.165, 1.54) is 0 Å². The Hall–Kier alpha value is -1.24. The fourth-order valence-electron chi connectivity index (χ4n) is 1.38. The largest absolute Gasteiger partial charge is 0.395 e. The lowest BCUT2D eigenvalue weighted by molar-refractivity contribution is 0.202. The second kappa shape index (κ2) is 7.16. The standard InChI is InChI=1S/C11H17N3O2S/c1-16-7-5-14(4-6-15)10-3-2-9(8-13-10)11(12)17/h2-3,8,15H,4-7H2,1H3,(H2,12,17). The zero-order chi connectivity index (χ0) is 12.7. The number of hydrogen-bond acceptors (Lipinski definition) is 5. The van der Waals surface area contributed by atoms with Gasteiger partial charge in [-0.05, 0) is 12.1 Å². The van der Waals surface area contributed by atoms with Gasteiger partial charge >= 0.3 is 0 Å². The van der Waals surface area contributed by atoms with E-state index >= 15 is 0 Å². The quantitative estimate of drug-likeness (QED) is 0.676. The van der Waals surface area contributed by atoms with Gasteiger partial charge in [-0.1, -0.05) is 12.2 Å². The molecule has 0 saturated carbocycles. The molecule has 3 N–H and O–H groups in total. The van der Waals surface area contributed by atoms with Crippen LogP contribution in [0, 0.1) is 0 Å². The molecule has 0 bridgehead atoms. The van der Waals surface area contributed by atoms with Gasteiger partial charge in [0.1, 0.15) is 10.8 Å². The molecule has 94 valence electrons. The number of methoxy groups -OCH3 is 1. The molecule has 0 aromatic carbocycles. The van der Waals surface area contributed by atoms with Crippen LogP contribution < -0.4 is 10.6 Å². The maximum absolute atomic E-state index is 8.99. The molecule has 6 heteroatoms. The monoisotopic (exact) mass is 255 g/mol. The van der Waals surface area contributed by atoms with Crippen LogP contribution in [-0.4, -0.2) is 48.5 Å². The lowest BCUT2D eigenvalue weighted by atomic mass is 10.3. The molecule has 1 aromatic heterocycles. The highest BCUT2D eigenvalue weighted by Gasteiger charge is 2.07. The summed E-state index contributed by atoms with van der Waals surface area (Å²) >= 11 is 4.86. The highest BCUT2D eigenvalue weighted by molar-refractivity contribution is 7.80. The summed E-state index contributed by atoms with van der Waals surface area (Å²) in [5.74, 6) is 0.774. The third-order valence-electron chi connectivity index (χ3n) is 2.29. The number of thiocarbonyl (C=S) groups is 1. The maximum atomic E-state index is 8.99. The summed E-state index contributed by atoms with van der Waals surface area (Å²) in [7, 11) is 1.64. The summed E-state index contributed by atoms with van der Waals surface area (Å²) < 4.78 is 5.01. The Labute approximate surface area is 106 Å². The molecule has 0 amide bonds. The van der Waals surface area contributed by atoms with Gasteiger partial charge in [0.15, 0.2) is 0 Å². The van der Waals surface area contributed by atoms with E-state index in [2.05, 4.69) is 4.98 Å². The smallest absolute Gasteiger partial charge is 0.128 e. The van der Waals surface area contributed by atoms with Crippen LogP contribution in [0.1, 0.15) is 5.56 Å². The molecular formula is C11H17N3O2S. The van der Waals surface area contributed by atoms with Gasteiger partial charge in [0.2, 0.25) is 0 Å². The highest BCUT2D eigenvalue weighted by Crippen LogP contribution is 2.10. The SMILES string of the molecule is COCCN(CCO)c1ccc(C(N)=S)cn1. The van der Waals surface area contributed by atoms with Crippen LogP contribution in [0.4, 0.5) is 5.82 Å². The van der Waals surface area contributed by atoms with Crippen LogP contribution in [0.15, 0.2) is 18.3 Å². The van der Waals surface area contributed by atoms with E-state index in [9.17, 15) is 0 Å². The molecular weight excluding hydrogens is 238 g/mol. The van der Waals surface area contributed by atoms with Crippen molar-refractivity contribution in [3.8, 4) is 0 Å². The first-order chi connectivity index (χ1) is 8.19. The van der Waals surface area contributed by atoms with Gasteiger partial charge in [0.05, 0.1) is 13.2 Å². The molecule has 0 unspecified atom stereocenters. The normalized spacial score (nSPS) is 10.2. The number of pyridine rings is 1. The minimum atomic E-state index is 0.0719. The molecule has 0 fully saturated rings. The molecule has 5 nitrogen and oxygen atoms in total. The molecule has 0 aliphatic rings. The molecule has 0 atom stereocenters. The highest BCUT2D eigenvalue weighted by atomic mass is 32.1. The lowest BCUT2D eigenvalue weighted by Gasteiger charge is -2.22. The molecule has 1 rings (SSSR count). The van der Waals surface area contributed by atoms with Gasteiger partial charge in [0, 0.05) is 32.0 Å². The van der Waals surface area contributed by atoms with Crippen molar-refractivity contribution < 1.29 is 9.84 Å². The number of hydrogen-bond donors (Lipinski definition) is 2. The van der Waals surface area contributed by atoms with Crippen molar-refractivity contribution in [3.05, 3.63) is 23.9 Å². The molecule has 1 heterocycles. The molecule has 0 aliphatic carbocycles. The summed E-state index contributed by atoms with van der Waals surface area (Å²) in [6.45, 7) is 1.85. The summed E-state index contributed by atoms with van der Waals surface area (Å²) in [6.07, 6.45) is 1.63. The van der Waals surface area contributed by atoms with Crippen LogP contribution in [-0.2, 0) is 4.74 Å². The van der Waals surface area contributed by atoms with Crippen molar-refractivity contribution in [2.75, 3.05) is 38.3 Å². The van der Waals surface area contributed by atoms with Gasteiger partial charge in [0.25, 0.3) is 0 Å². The molecule has 0 spiro atoms. The Morgan fingerprint density at radius 2 is 2.29 bits per heavy atom. The molecule has 17 heavy (non-hydrogen) atoms. The topological polar surface area (TPSA) is 71.6 Å². The number of nitrogens with two attached hydrogens (primary N) is 1. The van der Waals surface area contributed by atoms with Gasteiger partial charge in [-0.25, -0.2) is 4.98 Å². The van der Waals surface area contributed by atoms with Crippen LogP contribution in [0.2, 0.25) is 0 Å². The van der Waals surface area contributed by atoms with E-state index in [0.29, 0.717) is 24.7 Å². The Morgan fingerprint density at radius 1 is 1.53 bits per heavy atom. The Balaban J connectivity index is 2.75. The Kier molecular flexibility index (Phi) is 5.82. The van der Waals surface area contributed by atoms with Crippen molar-refractivity contribution in [2.24, 2.45) is 5.73 Å². The first-order valence-electron chi connectivity index (χ1n) is 5.29. The molecule has 0 radical (unpaired) electrons. The number of ether oxygens (including phenoxy) is 1. The number of aliphatic hydroxyl groups excluding tert-OH is 1. The van der Waals surface area contributed by atoms with E-state index in [1.54, 1.807) is 13.3 Å². The Bertz CT molecular complexity index is 356. The zero-order valence-electron chi connectivity index (χ0n) is 9.80. The average molecular weight is 255 g/mol. The maximum Gasteiger partial charge on any atom is 0.128 e. The van der Waals surface area contributed by atoms with E-state index in [4.69, 9.17) is 27.8 Å². The lowest BCUT2D eigenvalue weighted by Crippen LogP contribution is -2.31. The van der Waals surface area contributed by atoms with Crippen molar-refractivity contribution >= 4 is 23.0 Å². The number of rotatable bonds is 7. The summed E-state index contributed by atoms with van der Waals surface area (Å²) in [6, 6.07) is 3.65. The van der Waals surface area contributed by atoms with Gasteiger partial charge in [-0.3, -0.25) is 0 Å². The van der Waals surface area contributed by atoms with Crippen molar-refractivity contribution in [2.45, 2.75) is 0 Å². The van der Waals surface area contributed by atoms with Crippen molar-refractivity contribution in [1.82, 2.24) is 4.98 Å². The average Bonchev–Trinajstić information content (AvgIpc) is 2.34. The third-order valence-corrected chi connectivity index (χ3v) is 2.53. The predicted octanol–water partition coefficient (Wildman–Crippen LogP) is 0.161. The van der Waals surface area contributed by atoms with Crippen LogP contribution in [0.3, 0.4) is 0 Å². The molecule has 0 aliphatic heterocycles. The number of aromatic nitrogens is 1. The Morgan fingerprint density at radius 3 is 2.76 bits per heavy atom. The van der Waals surface area contributed by atoms with Gasteiger partial charge in [-0.15, -0.1) is 0 Å². The summed E-state index contributed by atoms with van der Waals surface area (Å²) in [5.41, 5.74) is 6.23. The number of aliphatic hydroxyl groups is 1. The van der Waals surface area contributed by atoms with E-state index in [-0.39, 0.29) is 6.61 Å². The second-order valence-electron chi connectivity index (χ2n) is 3.47. The van der Waals surface area contributed by atoms with Crippen molar-refractivity contribution in [1.29, 1.82) is 0 Å². The fourth-order valence-corrected chi connectivity index (χ4v) is 1.50. The van der Waals surface area contributed by atoms with E-state index in [0.717, 1.165) is 11.4 Å². The summed E-state index contributed by atoms with van der Waals surface area (Å²) in [5, 5.41) is 8.99. The zero-order valence-corrected chi connectivity index (χ0v) is 10.6. The van der Waals surface area contributed by atoms with Crippen LogP contribution in [0.5, 0.6) is 0 Å². The second-order valence-corrected chi connectivity index (χ2v) is 3.91. The van der Waals surface area contributed by atoms with Crippen LogP contribution in [0.25, 0.3) is 0 Å². The first kappa shape index (κ1) is 13.8. The van der Waals surface area contributed by atoms with Gasteiger partial charge < -0.3 is 20.5 Å². The third kappa shape index (κ3) is 4.26. The van der Waals surface area contributed by atoms with Crippen LogP contribution >= 0.6 is 12.2 Å². The summed E-state index contributed by atoms with van der Waals surface area (Å²) in [4.78, 5) is 6.53. The first-order valence-corrected chi connectivity index (χ1v) is 5.70. The van der Waals surface area contributed by atoms with E-state index < -0.39 is 0 Å². The minimum absolute atomic E-state index is 0.0719. The predicted molar refractivity (Wildman–Crippen MR) is 71.3 cm³/mol. The van der Waals surface area contributed by atoms with E-state index in [1.807, 2.05) is 17.0 Å². The molecule has 1 aromatic rings. The van der Waals surface area contributed by atoms with Crippen molar-refractivity contribution in [3.63, 3.8) is 0 Å². The van der Waals surface area contributed by atoms with Gasteiger partial charge in [-0.2, -0.15) is 0 Å².